The zero-order valence-corrected chi connectivity index (χ0v) is 14.1. The van der Waals surface area contributed by atoms with E-state index in [1.807, 2.05) is 6.07 Å². The van der Waals surface area contributed by atoms with E-state index in [4.69, 9.17) is 21.5 Å². The topological polar surface area (TPSA) is 175 Å². The molecule has 1 aliphatic rings. The third kappa shape index (κ3) is 3.15. The Hall–Kier alpha value is -4.31. The van der Waals surface area contributed by atoms with Gasteiger partial charge in [0, 0.05) is 18.1 Å². The second-order valence-electron chi connectivity index (χ2n) is 5.53. The third-order valence-corrected chi connectivity index (χ3v) is 3.82. The Bertz CT molecular complexity index is 1050. The maximum absolute atomic E-state index is 11.5. The van der Waals surface area contributed by atoms with Crippen LogP contribution in [0, 0.1) is 22.8 Å². The molecule has 2 aromatic rings. The van der Waals surface area contributed by atoms with Crippen LogP contribution in [-0.2, 0) is 4.79 Å². The molecule has 0 bridgehead atoms. The summed E-state index contributed by atoms with van der Waals surface area (Å²) < 4.78 is 5.26. The van der Waals surface area contributed by atoms with Crippen LogP contribution >= 0.6 is 0 Å². The number of anilines is 3. The SMILES string of the molecule is CC(=O)Oc1ccccc1C1N=C(NC#N)Nc2nc(N)c(C#N)c(N)c21. The number of aliphatic imine (C=N–C) groups is 1. The fraction of sp³-hybridized carbons (Fsp3) is 0.118. The van der Waals surface area contributed by atoms with E-state index >= 15 is 0 Å². The number of nitrogen functional groups attached to an aromatic ring is 2. The monoisotopic (exact) mass is 362 g/mol. The Balaban J connectivity index is 2.26. The first-order chi connectivity index (χ1) is 13.0. The summed E-state index contributed by atoms with van der Waals surface area (Å²) in [5.74, 6) is 0.0872. The predicted molar refractivity (Wildman–Crippen MR) is 97.2 cm³/mol. The van der Waals surface area contributed by atoms with Gasteiger partial charge in [-0.1, -0.05) is 18.2 Å². The van der Waals surface area contributed by atoms with Crippen molar-refractivity contribution in [2.45, 2.75) is 13.0 Å². The molecular weight excluding hydrogens is 348 g/mol. The number of aromatic nitrogens is 1. The van der Waals surface area contributed by atoms with Gasteiger partial charge in [0.25, 0.3) is 0 Å². The highest BCUT2D eigenvalue weighted by molar-refractivity contribution is 5.98. The van der Waals surface area contributed by atoms with Crippen LogP contribution in [-0.4, -0.2) is 16.9 Å². The van der Waals surface area contributed by atoms with E-state index in [2.05, 4.69) is 20.6 Å². The Morgan fingerprint density at radius 3 is 2.74 bits per heavy atom. The van der Waals surface area contributed by atoms with Crippen molar-refractivity contribution in [3.8, 4) is 18.0 Å². The van der Waals surface area contributed by atoms with E-state index in [1.54, 1.807) is 30.5 Å². The van der Waals surface area contributed by atoms with Gasteiger partial charge in [-0.25, -0.2) is 9.98 Å². The van der Waals surface area contributed by atoms with E-state index in [0.29, 0.717) is 11.1 Å². The van der Waals surface area contributed by atoms with Crippen molar-refractivity contribution < 1.29 is 9.53 Å². The lowest BCUT2D eigenvalue weighted by Crippen LogP contribution is -2.33. The highest BCUT2D eigenvalue weighted by Gasteiger charge is 2.31. The lowest BCUT2D eigenvalue weighted by Gasteiger charge is -2.27. The molecule has 1 atom stereocenters. The predicted octanol–water partition coefficient (Wildman–Crippen LogP) is 0.985. The van der Waals surface area contributed by atoms with Gasteiger partial charge in [-0.2, -0.15) is 10.5 Å². The highest BCUT2D eigenvalue weighted by atomic mass is 16.5. The smallest absolute Gasteiger partial charge is 0.308 e. The Labute approximate surface area is 154 Å². The van der Waals surface area contributed by atoms with Gasteiger partial charge in [0.15, 0.2) is 6.19 Å². The molecule has 1 aliphatic heterocycles. The van der Waals surface area contributed by atoms with Gasteiger partial charge in [0.1, 0.15) is 35.1 Å². The largest absolute Gasteiger partial charge is 0.426 e. The number of benzene rings is 1. The van der Waals surface area contributed by atoms with Crippen molar-refractivity contribution in [2.24, 2.45) is 4.99 Å². The van der Waals surface area contributed by atoms with Gasteiger partial charge >= 0.3 is 5.97 Å². The summed E-state index contributed by atoms with van der Waals surface area (Å²) in [5, 5.41) is 23.5. The number of esters is 1. The molecule has 10 nitrogen and oxygen atoms in total. The summed E-state index contributed by atoms with van der Waals surface area (Å²) in [4.78, 5) is 20.0. The number of carbonyl (C=O) groups excluding carboxylic acids is 1. The van der Waals surface area contributed by atoms with Crippen LogP contribution in [0.4, 0.5) is 17.3 Å². The molecule has 0 spiro atoms. The van der Waals surface area contributed by atoms with E-state index in [1.165, 1.54) is 6.92 Å². The van der Waals surface area contributed by atoms with Crippen LogP contribution in [0.2, 0.25) is 0 Å². The van der Waals surface area contributed by atoms with Crippen molar-refractivity contribution in [3.63, 3.8) is 0 Å². The van der Waals surface area contributed by atoms with E-state index in [0.717, 1.165) is 0 Å². The zero-order chi connectivity index (χ0) is 19.6. The Kier molecular flexibility index (Phi) is 4.47. The number of nitrogens with zero attached hydrogens (tertiary/aromatic N) is 4. The molecule has 6 N–H and O–H groups in total. The number of fused-ring (bicyclic) bond motifs is 1. The normalized spacial score (nSPS) is 14.6. The van der Waals surface area contributed by atoms with Gasteiger partial charge in [0.05, 0.1) is 5.69 Å². The number of pyridine rings is 1. The first kappa shape index (κ1) is 17.5. The van der Waals surface area contributed by atoms with E-state index < -0.39 is 12.0 Å². The van der Waals surface area contributed by atoms with Crippen LogP contribution in [0.5, 0.6) is 5.75 Å². The second kappa shape index (κ2) is 6.90. The molecule has 27 heavy (non-hydrogen) atoms. The standard InChI is InChI=1S/C17H14N8O2/c1-8(26)27-11-5-3-2-4-9(11)14-12-13(20)10(6-18)15(21)24-16(12)25-17(23-14)22-7-19/h2-5,14H,1H3,(H6,20,21,22,23,24,25). The zero-order valence-electron chi connectivity index (χ0n) is 14.1. The van der Waals surface area contributed by atoms with Crippen molar-refractivity contribution in [1.82, 2.24) is 10.3 Å². The summed E-state index contributed by atoms with van der Waals surface area (Å²) in [6.45, 7) is 1.28. The maximum atomic E-state index is 11.5. The summed E-state index contributed by atoms with van der Waals surface area (Å²) in [7, 11) is 0. The number of rotatable bonds is 2. The first-order valence-electron chi connectivity index (χ1n) is 7.72. The quantitative estimate of drug-likeness (QED) is 0.262. The van der Waals surface area contributed by atoms with Gasteiger partial charge in [-0.15, -0.1) is 0 Å². The number of hydrogen-bond acceptors (Lipinski definition) is 10. The van der Waals surface area contributed by atoms with Crippen LogP contribution in [0.3, 0.4) is 0 Å². The molecule has 0 fully saturated rings. The fourth-order valence-corrected chi connectivity index (χ4v) is 2.76. The molecule has 0 saturated carbocycles. The maximum Gasteiger partial charge on any atom is 0.308 e. The first-order valence-corrected chi connectivity index (χ1v) is 7.72. The second-order valence-corrected chi connectivity index (χ2v) is 5.53. The highest BCUT2D eigenvalue weighted by Crippen LogP contribution is 2.43. The molecule has 3 rings (SSSR count). The number of guanidine groups is 1. The average Bonchev–Trinajstić information content (AvgIpc) is 2.61. The van der Waals surface area contributed by atoms with Crippen LogP contribution in [0.25, 0.3) is 0 Å². The van der Waals surface area contributed by atoms with Crippen molar-refractivity contribution in [2.75, 3.05) is 16.8 Å². The summed E-state index contributed by atoms with van der Waals surface area (Å²) in [5.41, 5.74) is 13.0. The average molecular weight is 362 g/mol. The molecule has 0 amide bonds. The van der Waals surface area contributed by atoms with E-state index in [9.17, 15) is 10.1 Å². The number of hydrogen-bond donors (Lipinski definition) is 4. The van der Waals surface area contributed by atoms with Gasteiger partial charge in [-0.05, 0) is 6.07 Å². The van der Waals surface area contributed by atoms with Gasteiger partial charge in [0.2, 0.25) is 5.96 Å². The summed E-state index contributed by atoms with van der Waals surface area (Å²) >= 11 is 0. The number of para-hydroxylation sites is 1. The molecule has 10 heteroatoms. The molecule has 2 heterocycles. The van der Waals surface area contributed by atoms with Crippen molar-refractivity contribution in [3.05, 3.63) is 41.0 Å². The minimum Gasteiger partial charge on any atom is -0.426 e. The lowest BCUT2D eigenvalue weighted by molar-refractivity contribution is -0.131. The molecule has 1 unspecified atom stereocenters. The fourth-order valence-electron chi connectivity index (χ4n) is 2.76. The molecular formula is C17H14N8O2. The van der Waals surface area contributed by atoms with Crippen LogP contribution in [0.15, 0.2) is 29.3 Å². The van der Waals surface area contributed by atoms with Gasteiger partial charge in [-0.3, -0.25) is 10.1 Å². The minimum absolute atomic E-state index is 0.0254. The molecule has 0 saturated heterocycles. The van der Waals surface area contributed by atoms with Gasteiger partial charge < -0.3 is 21.5 Å². The molecule has 1 aromatic carbocycles. The number of nitrogens with one attached hydrogen (secondary N) is 2. The Morgan fingerprint density at radius 1 is 1.33 bits per heavy atom. The van der Waals surface area contributed by atoms with Crippen molar-refractivity contribution >= 4 is 29.3 Å². The lowest BCUT2D eigenvalue weighted by atomic mass is 9.94. The molecule has 0 radical (unpaired) electrons. The van der Waals surface area contributed by atoms with Crippen molar-refractivity contribution in [1.29, 1.82) is 10.5 Å². The summed E-state index contributed by atoms with van der Waals surface area (Å²) in [6, 6.07) is 7.89. The minimum atomic E-state index is -0.784. The molecule has 134 valence electrons. The number of ether oxygens (including phenoxy) is 1. The number of nitriles is 2. The number of nitrogens with two attached hydrogens (primary N) is 2. The third-order valence-electron chi connectivity index (χ3n) is 3.82. The Morgan fingerprint density at radius 2 is 2.07 bits per heavy atom. The van der Waals surface area contributed by atoms with Crippen LogP contribution in [0.1, 0.15) is 29.7 Å². The van der Waals surface area contributed by atoms with Crippen LogP contribution < -0.4 is 26.8 Å². The summed E-state index contributed by atoms with van der Waals surface area (Å²) in [6.07, 6.45) is 1.77. The molecule has 1 aromatic heterocycles. The number of carbonyl (C=O) groups is 1. The molecule has 0 aliphatic carbocycles. The van der Waals surface area contributed by atoms with E-state index in [-0.39, 0.29) is 34.6 Å².